The predicted molar refractivity (Wildman–Crippen MR) is 82.0 cm³/mol. The number of hydrogen-bond acceptors (Lipinski definition) is 6. The van der Waals surface area contributed by atoms with Crippen LogP contribution in [0.15, 0.2) is 12.1 Å². The van der Waals surface area contributed by atoms with Crippen molar-refractivity contribution in [2.45, 2.75) is 13.8 Å². The second kappa shape index (κ2) is 5.08. The number of hydrogen-bond donors (Lipinski definition) is 1. The normalized spacial score (nSPS) is 10.9. The Balaban J connectivity index is 1.91. The quantitative estimate of drug-likeness (QED) is 0.781. The average molecular weight is 325 g/mol. The number of aromatic nitrogens is 3. The van der Waals surface area contributed by atoms with Crippen LogP contribution in [0.2, 0.25) is 4.47 Å². The minimum atomic E-state index is -0.345. The highest BCUT2D eigenvalue weighted by molar-refractivity contribution is 7.22. The van der Waals surface area contributed by atoms with Gasteiger partial charge >= 0.3 is 0 Å². The minimum absolute atomic E-state index is 0.224. The third-order valence-corrected chi connectivity index (χ3v) is 4.58. The van der Waals surface area contributed by atoms with Crippen LogP contribution >= 0.6 is 34.3 Å². The van der Waals surface area contributed by atoms with E-state index in [9.17, 15) is 4.79 Å². The monoisotopic (exact) mass is 324 g/mol. The first kappa shape index (κ1) is 13.4. The summed E-state index contributed by atoms with van der Waals surface area (Å²) in [5, 5.41) is 10.8. The average Bonchev–Trinajstić information content (AvgIpc) is 2.95. The summed E-state index contributed by atoms with van der Waals surface area (Å²) in [6.45, 7) is 4.04. The number of benzene rings is 1. The first-order valence-electron chi connectivity index (χ1n) is 5.71. The Morgan fingerprint density at radius 1 is 1.25 bits per heavy atom. The number of fused-ring (bicyclic) bond motifs is 1. The molecular weight excluding hydrogens is 316 g/mol. The number of nitrogens with zero attached hydrogens (tertiary/aromatic N) is 3. The number of aryl methyl sites for hydroxylation is 2. The van der Waals surface area contributed by atoms with Crippen LogP contribution in [0.5, 0.6) is 0 Å². The summed E-state index contributed by atoms with van der Waals surface area (Å²) in [7, 11) is 0. The molecule has 0 aliphatic rings. The summed E-state index contributed by atoms with van der Waals surface area (Å²) in [4.78, 5) is 16.4. The number of carbonyl (C=O) groups excluding carboxylic acids is 1. The molecule has 0 atom stereocenters. The van der Waals surface area contributed by atoms with Gasteiger partial charge in [0.25, 0.3) is 5.91 Å². The number of nitrogens with one attached hydrogen (secondary N) is 1. The van der Waals surface area contributed by atoms with Crippen LogP contribution in [0.3, 0.4) is 0 Å². The molecule has 2 heterocycles. The highest BCUT2D eigenvalue weighted by atomic mass is 35.5. The van der Waals surface area contributed by atoms with Gasteiger partial charge in [0.05, 0.1) is 10.2 Å². The Morgan fingerprint density at radius 2 is 2.05 bits per heavy atom. The van der Waals surface area contributed by atoms with Crippen molar-refractivity contribution in [3.8, 4) is 0 Å². The molecule has 0 saturated carbocycles. The summed E-state index contributed by atoms with van der Waals surface area (Å²) in [6.07, 6.45) is 0. The van der Waals surface area contributed by atoms with E-state index in [4.69, 9.17) is 11.6 Å². The second-order valence-electron chi connectivity index (χ2n) is 4.26. The topological polar surface area (TPSA) is 67.8 Å². The van der Waals surface area contributed by atoms with Crippen LogP contribution in [0, 0.1) is 13.8 Å². The van der Waals surface area contributed by atoms with Gasteiger partial charge in [-0.25, -0.2) is 4.98 Å². The lowest BCUT2D eigenvalue weighted by molar-refractivity contribution is 0.102. The van der Waals surface area contributed by atoms with Gasteiger partial charge in [0.15, 0.2) is 5.13 Å². The number of anilines is 1. The van der Waals surface area contributed by atoms with Crippen LogP contribution in [-0.2, 0) is 0 Å². The van der Waals surface area contributed by atoms with Crippen LogP contribution in [-0.4, -0.2) is 21.1 Å². The van der Waals surface area contributed by atoms with Crippen molar-refractivity contribution < 1.29 is 4.79 Å². The second-order valence-corrected chi connectivity index (χ2v) is 6.85. The molecule has 0 bridgehead atoms. The van der Waals surface area contributed by atoms with E-state index in [1.807, 2.05) is 13.8 Å². The SMILES string of the molecule is Cc1cc(C)c2nc(NC(=O)c3nnc(Cl)s3)sc2c1. The van der Waals surface area contributed by atoms with E-state index in [0.29, 0.717) is 5.13 Å². The van der Waals surface area contributed by atoms with Crippen LogP contribution < -0.4 is 5.32 Å². The molecule has 1 N–H and O–H groups in total. The third kappa shape index (κ3) is 2.52. The smallest absolute Gasteiger partial charge is 0.288 e. The molecule has 0 fully saturated rings. The Labute approximate surface area is 127 Å². The number of carbonyl (C=O) groups is 1. The zero-order chi connectivity index (χ0) is 14.3. The highest BCUT2D eigenvalue weighted by Gasteiger charge is 2.15. The molecule has 0 aliphatic carbocycles. The number of thiazole rings is 1. The molecule has 3 rings (SSSR count). The number of rotatable bonds is 2. The number of halogens is 1. The lowest BCUT2D eigenvalue weighted by atomic mass is 10.1. The van der Waals surface area contributed by atoms with Crippen molar-refractivity contribution in [1.82, 2.24) is 15.2 Å². The van der Waals surface area contributed by atoms with Crippen molar-refractivity contribution >= 4 is 55.5 Å². The molecule has 2 aromatic heterocycles. The largest absolute Gasteiger partial charge is 0.296 e. The number of amides is 1. The lowest BCUT2D eigenvalue weighted by Gasteiger charge is -1.96. The molecule has 5 nitrogen and oxygen atoms in total. The van der Waals surface area contributed by atoms with E-state index in [0.717, 1.165) is 27.1 Å². The molecule has 0 saturated heterocycles. The molecule has 1 aromatic carbocycles. The van der Waals surface area contributed by atoms with E-state index in [1.165, 1.54) is 16.9 Å². The summed E-state index contributed by atoms with van der Waals surface area (Å²) in [5.74, 6) is -0.345. The summed E-state index contributed by atoms with van der Waals surface area (Å²) < 4.78 is 1.29. The van der Waals surface area contributed by atoms with Crippen molar-refractivity contribution in [3.05, 3.63) is 32.7 Å². The highest BCUT2D eigenvalue weighted by Crippen LogP contribution is 2.29. The molecule has 0 spiro atoms. The summed E-state index contributed by atoms with van der Waals surface area (Å²) in [5.41, 5.74) is 3.18. The Morgan fingerprint density at radius 3 is 2.75 bits per heavy atom. The van der Waals surface area contributed by atoms with Gasteiger partial charge in [-0.15, -0.1) is 10.2 Å². The van der Waals surface area contributed by atoms with Crippen LogP contribution in [0.4, 0.5) is 5.13 Å². The molecule has 0 radical (unpaired) electrons. The molecule has 20 heavy (non-hydrogen) atoms. The summed E-state index contributed by atoms with van der Waals surface area (Å²) >= 11 is 8.13. The molecular formula is C12H9ClN4OS2. The molecule has 3 aromatic rings. The summed E-state index contributed by atoms with van der Waals surface area (Å²) in [6, 6.07) is 4.12. The van der Waals surface area contributed by atoms with Gasteiger partial charge in [0.1, 0.15) is 0 Å². The van der Waals surface area contributed by atoms with Crippen molar-refractivity contribution in [2.24, 2.45) is 0 Å². The van der Waals surface area contributed by atoms with Gasteiger partial charge in [-0.05, 0) is 42.6 Å². The minimum Gasteiger partial charge on any atom is -0.296 e. The van der Waals surface area contributed by atoms with Gasteiger partial charge in [0, 0.05) is 0 Å². The predicted octanol–water partition coefficient (Wildman–Crippen LogP) is 3.67. The lowest BCUT2D eigenvalue weighted by Crippen LogP contribution is -2.11. The van der Waals surface area contributed by atoms with E-state index in [1.54, 1.807) is 0 Å². The zero-order valence-corrected chi connectivity index (χ0v) is 13.0. The van der Waals surface area contributed by atoms with Gasteiger partial charge in [-0.3, -0.25) is 10.1 Å². The molecule has 1 amide bonds. The van der Waals surface area contributed by atoms with Crippen molar-refractivity contribution in [3.63, 3.8) is 0 Å². The standard InChI is InChI=1S/C12H9ClN4OS2/c1-5-3-6(2)8-7(4-5)19-12(14-8)15-9(18)10-16-17-11(13)20-10/h3-4H,1-2H3,(H,14,15,18). The van der Waals surface area contributed by atoms with Crippen molar-refractivity contribution in [1.29, 1.82) is 0 Å². The Hall–Kier alpha value is -1.57. The first-order valence-corrected chi connectivity index (χ1v) is 7.72. The Kier molecular flexibility index (Phi) is 3.41. The molecule has 102 valence electrons. The van der Waals surface area contributed by atoms with Gasteiger partial charge in [-0.2, -0.15) is 0 Å². The fourth-order valence-electron chi connectivity index (χ4n) is 1.87. The third-order valence-electron chi connectivity index (χ3n) is 2.64. The molecule has 0 aliphatic heterocycles. The van der Waals surface area contributed by atoms with E-state index >= 15 is 0 Å². The first-order chi connectivity index (χ1) is 9.52. The zero-order valence-electron chi connectivity index (χ0n) is 10.6. The van der Waals surface area contributed by atoms with Crippen LogP contribution in [0.1, 0.15) is 20.9 Å². The van der Waals surface area contributed by atoms with E-state index in [-0.39, 0.29) is 15.4 Å². The Bertz CT molecular complexity index is 811. The maximum atomic E-state index is 12.0. The maximum Gasteiger partial charge on any atom is 0.288 e. The van der Waals surface area contributed by atoms with Crippen LogP contribution in [0.25, 0.3) is 10.2 Å². The van der Waals surface area contributed by atoms with Crippen molar-refractivity contribution in [2.75, 3.05) is 5.32 Å². The van der Waals surface area contributed by atoms with Gasteiger partial charge in [-0.1, -0.05) is 28.7 Å². The molecule has 0 unspecified atom stereocenters. The van der Waals surface area contributed by atoms with Gasteiger partial charge in [0.2, 0.25) is 9.47 Å². The molecule has 8 heteroatoms. The fourth-order valence-corrected chi connectivity index (χ4v) is 3.63. The van der Waals surface area contributed by atoms with E-state index < -0.39 is 0 Å². The fraction of sp³-hybridized carbons (Fsp3) is 0.167. The van der Waals surface area contributed by atoms with E-state index in [2.05, 4.69) is 32.6 Å². The maximum absolute atomic E-state index is 12.0. The van der Waals surface area contributed by atoms with Gasteiger partial charge < -0.3 is 0 Å².